The maximum Gasteiger partial charge on any atom is 0.326 e. The van der Waals surface area contributed by atoms with Gasteiger partial charge in [-0.05, 0) is 19.3 Å². The van der Waals surface area contributed by atoms with Crippen LogP contribution in [0.15, 0.2) is 0 Å². The van der Waals surface area contributed by atoms with Crippen molar-refractivity contribution in [1.29, 1.82) is 0 Å². The summed E-state index contributed by atoms with van der Waals surface area (Å²) >= 11 is 0. The van der Waals surface area contributed by atoms with Crippen LogP contribution in [0.3, 0.4) is 0 Å². The number of carboxylic acids is 2. The zero-order valence-corrected chi connectivity index (χ0v) is 32.4. The standard InChI is InChI=1S/C23H46N6O13.2C5H7NO3/c24-2-7-13(32)15(34)10(28)21(37-7)40-18-6(27)1-5(26)12(31)20(18)42-23-17(36)19(9(4-30)39-23)41-22-11(29)16(35)14(33)8(3-25)38-22;2*7-4-2-1-3(6-4)5(8)9/h5-23,30-36H,1-4,24-29H2;2*3H,1-2H2,(H,6,7)(H,8,9)/t5-,6+,7-,8-,9-,10-,11-,12+,13-,14-,15-,16-,17-,18-,19-,20-,21-,22-,23+;2*3-/m100/s1. The fourth-order valence-corrected chi connectivity index (χ4v) is 7.34. The van der Waals surface area contributed by atoms with Crippen LogP contribution in [0.5, 0.6) is 0 Å². The average molecular weight is 873 g/mol. The summed E-state index contributed by atoms with van der Waals surface area (Å²) in [6.45, 7) is -0.967. The molecule has 0 aromatic heterocycles. The zero-order chi connectivity index (χ0) is 44.7. The van der Waals surface area contributed by atoms with Gasteiger partial charge in [0.15, 0.2) is 18.9 Å². The molecule has 60 heavy (non-hydrogen) atoms. The van der Waals surface area contributed by atoms with Crippen LogP contribution in [0.4, 0.5) is 0 Å². The molecule has 5 aliphatic heterocycles. The van der Waals surface area contributed by atoms with E-state index in [2.05, 4.69) is 10.6 Å². The van der Waals surface area contributed by atoms with Gasteiger partial charge in [0.1, 0.15) is 79.2 Å². The van der Waals surface area contributed by atoms with E-state index in [0.29, 0.717) is 25.7 Å². The molecule has 346 valence electrons. The summed E-state index contributed by atoms with van der Waals surface area (Å²) in [5.74, 6) is -2.22. The topological polar surface area (TPSA) is 486 Å². The Balaban J connectivity index is 0.000000359. The van der Waals surface area contributed by atoms with Crippen LogP contribution in [-0.2, 0) is 47.6 Å². The number of aliphatic hydroxyl groups excluding tert-OH is 7. The molecule has 5 saturated heterocycles. The maximum absolute atomic E-state index is 11.1. The molecule has 23 N–H and O–H groups in total. The SMILES string of the molecule is NC[C@H]1O[C@H](O[C@H]2[C@H](O[C@@H]3O[C@H](CO)[C@@H](O[C@H]4O[C@H](CN)[C@@H](O)[C@H](O)[C@H]4N)[C@H]3O)[C@@H](O)[C@H](N)C[C@@H]2N)[C@H](N)[C@@H](O)[C@@H]1O.O=C1CC[C@@H](C(=O)O)N1.O=C1CC[C@@H](C(=O)O)N1. The van der Waals surface area contributed by atoms with E-state index in [4.69, 9.17) is 73.0 Å². The van der Waals surface area contributed by atoms with Gasteiger partial charge in [-0.15, -0.1) is 0 Å². The third-order valence-corrected chi connectivity index (χ3v) is 11.0. The Kier molecular flexibility index (Phi) is 18.2. The number of carbonyl (C=O) groups is 4. The van der Waals surface area contributed by atoms with Crippen LogP contribution in [0.25, 0.3) is 0 Å². The number of ether oxygens (including phenoxy) is 6. The quantitative estimate of drug-likeness (QED) is 0.0916. The van der Waals surface area contributed by atoms with Crippen molar-refractivity contribution in [2.45, 2.75) is 160 Å². The number of aliphatic hydroxyl groups is 7. The normalized spacial score (nSPS) is 45.4. The number of aliphatic carboxylic acids is 2. The number of amides is 2. The van der Waals surface area contributed by atoms with E-state index >= 15 is 0 Å². The lowest BCUT2D eigenvalue weighted by atomic mass is 9.84. The van der Waals surface area contributed by atoms with Crippen molar-refractivity contribution in [3.63, 3.8) is 0 Å². The van der Waals surface area contributed by atoms with Crippen LogP contribution >= 0.6 is 0 Å². The predicted molar refractivity (Wildman–Crippen MR) is 196 cm³/mol. The molecule has 27 heteroatoms. The van der Waals surface area contributed by atoms with Crippen LogP contribution < -0.4 is 45.0 Å². The van der Waals surface area contributed by atoms with Gasteiger partial charge in [0, 0.05) is 38.0 Å². The van der Waals surface area contributed by atoms with Crippen molar-refractivity contribution in [2.24, 2.45) is 34.4 Å². The second-order valence-electron chi connectivity index (χ2n) is 15.2. The second-order valence-corrected chi connectivity index (χ2v) is 15.2. The number of carbonyl (C=O) groups excluding carboxylic acids is 2. The molecule has 1 saturated carbocycles. The molecule has 1 aliphatic carbocycles. The molecule has 0 unspecified atom stereocenters. The molecule has 5 heterocycles. The van der Waals surface area contributed by atoms with Crippen molar-refractivity contribution >= 4 is 23.8 Å². The first-order valence-electron chi connectivity index (χ1n) is 19.3. The highest BCUT2D eigenvalue weighted by Gasteiger charge is 2.54. The number of nitrogens with two attached hydrogens (primary N) is 6. The van der Waals surface area contributed by atoms with E-state index in [9.17, 15) is 54.9 Å². The Morgan fingerprint density at radius 3 is 1.37 bits per heavy atom. The fraction of sp³-hybridized carbons (Fsp3) is 0.879. The highest BCUT2D eigenvalue weighted by atomic mass is 16.8. The number of hydrogen-bond acceptors (Lipinski definition) is 23. The van der Waals surface area contributed by atoms with E-state index in [1.54, 1.807) is 0 Å². The molecule has 0 aromatic carbocycles. The summed E-state index contributed by atoms with van der Waals surface area (Å²) in [5.41, 5.74) is 35.6. The maximum atomic E-state index is 11.1. The van der Waals surface area contributed by atoms with Crippen LogP contribution in [0.1, 0.15) is 32.1 Å². The molecular weight excluding hydrogens is 812 g/mol. The van der Waals surface area contributed by atoms with Gasteiger partial charge in [0.2, 0.25) is 11.8 Å². The van der Waals surface area contributed by atoms with E-state index in [1.807, 2.05) is 0 Å². The van der Waals surface area contributed by atoms with Gasteiger partial charge in [-0.25, -0.2) is 9.59 Å². The van der Waals surface area contributed by atoms with Gasteiger partial charge in [-0.3, -0.25) is 9.59 Å². The van der Waals surface area contributed by atoms with Crippen LogP contribution in [0.2, 0.25) is 0 Å². The molecular formula is C33H60N8O19. The summed E-state index contributed by atoms with van der Waals surface area (Å²) in [6.07, 6.45) is -18.2. The monoisotopic (exact) mass is 872 g/mol. The van der Waals surface area contributed by atoms with Crippen molar-refractivity contribution in [3.05, 3.63) is 0 Å². The third-order valence-electron chi connectivity index (χ3n) is 11.0. The molecule has 6 aliphatic rings. The van der Waals surface area contributed by atoms with Gasteiger partial charge in [0.25, 0.3) is 0 Å². The lowest BCUT2D eigenvalue weighted by Gasteiger charge is -2.47. The second kappa shape index (κ2) is 22.0. The Morgan fingerprint density at radius 1 is 0.583 bits per heavy atom. The lowest BCUT2D eigenvalue weighted by molar-refractivity contribution is -0.306. The minimum atomic E-state index is -1.60. The van der Waals surface area contributed by atoms with Crippen molar-refractivity contribution < 1.29 is 93.6 Å². The summed E-state index contributed by atoms with van der Waals surface area (Å²) < 4.78 is 34.6. The van der Waals surface area contributed by atoms with Crippen LogP contribution in [-0.4, -0.2) is 218 Å². The van der Waals surface area contributed by atoms with Gasteiger partial charge < -0.3 is 119 Å². The zero-order valence-electron chi connectivity index (χ0n) is 32.4. The summed E-state index contributed by atoms with van der Waals surface area (Å²) in [7, 11) is 0. The summed E-state index contributed by atoms with van der Waals surface area (Å²) in [6, 6.07) is -5.47. The largest absolute Gasteiger partial charge is 0.480 e. The molecule has 6 fully saturated rings. The number of hydrogen-bond donors (Lipinski definition) is 17. The first-order chi connectivity index (χ1) is 28.2. The Hall–Kier alpha value is -2.88. The molecule has 0 bridgehead atoms. The third kappa shape index (κ3) is 11.8. The van der Waals surface area contributed by atoms with Crippen molar-refractivity contribution in [2.75, 3.05) is 19.7 Å². The smallest absolute Gasteiger partial charge is 0.326 e. The first kappa shape index (κ1) is 49.8. The van der Waals surface area contributed by atoms with Crippen molar-refractivity contribution in [1.82, 2.24) is 10.6 Å². The van der Waals surface area contributed by atoms with E-state index in [-0.39, 0.29) is 31.3 Å². The van der Waals surface area contributed by atoms with Crippen LogP contribution in [0, 0.1) is 0 Å². The molecule has 0 aromatic rings. The highest BCUT2D eigenvalue weighted by molar-refractivity contribution is 5.87. The number of carboxylic acid groups (broad SMARTS) is 2. The Labute approximate surface area is 342 Å². The van der Waals surface area contributed by atoms with Gasteiger partial charge in [-0.2, -0.15) is 0 Å². The molecule has 21 atom stereocenters. The lowest BCUT2D eigenvalue weighted by Crippen LogP contribution is -2.68. The minimum absolute atomic E-state index is 0.0889. The van der Waals surface area contributed by atoms with E-state index in [1.165, 1.54) is 0 Å². The molecule has 2 amide bonds. The Morgan fingerprint density at radius 2 is 1.00 bits per heavy atom. The minimum Gasteiger partial charge on any atom is -0.480 e. The highest BCUT2D eigenvalue weighted by Crippen LogP contribution is 2.34. The van der Waals surface area contributed by atoms with Crippen molar-refractivity contribution in [3.8, 4) is 0 Å². The van der Waals surface area contributed by atoms with Gasteiger partial charge in [-0.1, -0.05) is 0 Å². The summed E-state index contributed by atoms with van der Waals surface area (Å²) in [5, 5.41) is 94.2. The van der Waals surface area contributed by atoms with E-state index < -0.39 is 147 Å². The van der Waals surface area contributed by atoms with E-state index in [0.717, 1.165) is 0 Å². The molecule has 6 rings (SSSR count). The number of nitrogens with one attached hydrogen (secondary N) is 2. The summed E-state index contributed by atoms with van der Waals surface area (Å²) in [4.78, 5) is 41.0. The van der Waals surface area contributed by atoms with Gasteiger partial charge in [0.05, 0.1) is 24.8 Å². The molecule has 0 radical (unpaired) electrons. The Bertz CT molecular complexity index is 1400. The average Bonchev–Trinajstić information content (AvgIpc) is 3.94. The first-order valence-corrected chi connectivity index (χ1v) is 19.3. The molecule has 27 nitrogen and oxygen atoms in total. The number of rotatable bonds is 11. The van der Waals surface area contributed by atoms with Gasteiger partial charge >= 0.3 is 11.9 Å². The fourth-order valence-electron chi connectivity index (χ4n) is 7.34. The molecule has 0 spiro atoms. The predicted octanol–water partition coefficient (Wildman–Crippen LogP) is -10.2.